The van der Waals surface area contributed by atoms with Gasteiger partial charge in [0.1, 0.15) is 0 Å². The van der Waals surface area contributed by atoms with E-state index in [9.17, 15) is 4.79 Å². The van der Waals surface area contributed by atoms with Crippen molar-refractivity contribution in [1.29, 1.82) is 0 Å². The van der Waals surface area contributed by atoms with Gasteiger partial charge in [-0.3, -0.25) is 4.79 Å². The van der Waals surface area contributed by atoms with E-state index in [0.29, 0.717) is 17.1 Å². The van der Waals surface area contributed by atoms with E-state index in [-0.39, 0.29) is 12.5 Å². The van der Waals surface area contributed by atoms with Crippen molar-refractivity contribution in [1.82, 2.24) is 0 Å². The Hall–Kier alpha value is -1.55. The van der Waals surface area contributed by atoms with E-state index in [0.717, 1.165) is 11.8 Å². The molecule has 16 heavy (non-hydrogen) atoms. The molecule has 0 aliphatic heterocycles. The van der Waals surface area contributed by atoms with E-state index >= 15 is 0 Å². The highest BCUT2D eigenvalue weighted by molar-refractivity contribution is 5.82. The van der Waals surface area contributed by atoms with Crippen LogP contribution in [0.5, 0.6) is 11.5 Å². The summed E-state index contributed by atoms with van der Waals surface area (Å²) in [5.74, 6) is 0.855. The fraction of sp³-hybridized carbons (Fsp3) is 0.417. The lowest BCUT2D eigenvalue weighted by atomic mass is 9.98. The molecule has 0 saturated heterocycles. The predicted octanol–water partition coefficient (Wildman–Crippen LogP) is 1.61. The smallest absolute Gasteiger partial charge is 0.171 e. The molecule has 0 aliphatic rings. The van der Waals surface area contributed by atoms with Crippen molar-refractivity contribution < 1.29 is 19.4 Å². The van der Waals surface area contributed by atoms with Crippen LogP contribution in [0.2, 0.25) is 0 Å². The highest BCUT2D eigenvalue weighted by atomic mass is 16.5. The molecule has 1 aromatic rings. The first-order chi connectivity index (χ1) is 7.69. The summed E-state index contributed by atoms with van der Waals surface area (Å²) in [7, 11) is 3.00. The second-order valence-corrected chi connectivity index (χ2v) is 3.51. The molecule has 1 atom stereocenters. The highest BCUT2D eigenvalue weighted by Gasteiger charge is 2.18. The third-order valence-corrected chi connectivity index (χ3v) is 2.51. The summed E-state index contributed by atoms with van der Waals surface area (Å²) in [6.45, 7) is 1.89. The largest absolute Gasteiger partial charge is 0.493 e. The van der Waals surface area contributed by atoms with E-state index in [2.05, 4.69) is 0 Å². The van der Waals surface area contributed by atoms with Crippen molar-refractivity contribution in [3.63, 3.8) is 0 Å². The third kappa shape index (κ3) is 2.17. The molecular weight excluding hydrogens is 208 g/mol. The summed E-state index contributed by atoms with van der Waals surface area (Å²) in [4.78, 5) is 10.8. The molecular formula is C12H16O4. The number of benzene rings is 1. The van der Waals surface area contributed by atoms with Gasteiger partial charge in [0.25, 0.3) is 0 Å². The van der Waals surface area contributed by atoms with Gasteiger partial charge in [-0.1, -0.05) is 13.0 Å². The normalized spacial score (nSPS) is 12.0. The fourth-order valence-electron chi connectivity index (χ4n) is 1.59. The molecule has 0 fully saturated rings. The number of methoxy groups -OCH3 is 2. The van der Waals surface area contributed by atoms with Gasteiger partial charge >= 0.3 is 0 Å². The Labute approximate surface area is 94.8 Å². The maximum Gasteiger partial charge on any atom is 0.171 e. The molecule has 4 heteroatoms. The van der Waals surface area contributed by atoms with Gasteiger partial charge in [-0.25, -0.2) is 0 Å². The quantitative estimate of drug-likeness (QED) is 0.772. The molecule has 1 N–H and O–H groups in total. The summed E-state index contributed by atoms with van der Waals surface area (Å²) >= 11 is 0. The Morgan fingerprint density at radius 3 is 2.38 bits per heavy atom. The molecule has 0 amide bonds. The molecule has 0 aromatic heterocycles. The molecule has 0 heterocycles. The highest BCUT2D eigenvalue weighted by Crippen LogP contribution is 2.37. The van der Waals surface area contributed by atoms with E-state index in [4.69, 9.17) is 14.6 Å². The van der Waals surface area contributed by atoms with Crippen LogP contribution in [-0.2, 0) is 0 Å². The van der Waals surface area contributed by atoms with E-state index in [1.165, 1.54) is 14.2 Å². The lowest BCUT2D eigenvalue weighted by molar-refractivity contribution is 0.112. The standard InChI is InChI=1S/C12H16O4/c1-8(6-13)10-5-4-9(7-14)11(15-2)12(10)16-3/h4-5,7-8,13H,6H2,1-3H3. The average Bonchev–Trinajstić information content (AvgIpc) is 2.35. The van der Waals surface area contributed by atoms with Gasteiger partial charge in [0.15, 0.2) is 17.8 Å². The predicted molar refractivity (Wildman–Crippen MR) is 60.4 cm³/mol. The molecule has 0 aliphatic carbocycles. The Kier molecular flexibility index (Phi) is 4.31. The third-order valence-electron chi connectivity index (χ3n) is 2.51. The van der Waals surface area contributed by atoms with Crippen LogP contribution in [0.1, 0.15) is 28.8 Å². The van der Waals surface area contributed by atoms with Crippen LogP contribution < -0.4 is 9.47 Å². The summed E-state index contributed by atoms with van der Waals surface area (Å²) < 4.78 is 10.4. The molecule has 0 bridgehead atoms. The molecule has 1 rings (SSSR count). The molecule has 88 valence electrons. The monoisotopic (exact) mass is 224 g/mol. The first-order valence-corrected chi connectivity index (χ1v) is 5.00. The molecule has 0 spiro atoms. The fourth-order valence-corrected chi connectivity index (χ4v) is 1.59. The molecule has 0 saturated carbocycles. The number of carbonyl (C=O) groups excluding carboxylic acids is 1. The zero-order valence-electron chi connectivity index (χ0n) is 9.69. The topological polar surface area (TPSA) is 55.8 Å². The van der Waals surface area contributed by atoms with Crippen LogP contribution in [0.15, 0.2) is 12.1 Å². The Bertz CT molecular complexity index is 374. The van der Waals surface area contributed by atoms with Gasteiger partial charge < -0.3 is 14.6 Å². The van der Waals surface area contributed by atoms with Crippen molar-refractivity contribution in [3.05, 3.63) is 23.3 Å². The lowest BCUT2D eigenvalue weighted by Crippen LogP contribution is -2.05. The Morgan fingerprint density at radius 1 is 1.31 bits per heavy atom. The first-order valence-electron chi connectivity index (χ1n) is 5.00. The second-order valence-electron chi connectivity index (χ2n) is 3.51. The van der Waals surface area contributed by atoms with Gasteiger partial charge in [0.2, 0.25) is 0 Å². The molecule has 1 aromatic carbocycles. The van der Waals surface area contributed by atoms with Crippen molar-refractivity contribution in [2.75, 3.05) is 20.8 Å². The number of hydrogen-bond acceptors (Lipinski definition) is 4. The first kappa shape index (κ1) is 12.5. The van der Waals surface area contributed by atoms with Crippen LogP contribution in [0.25, 0.3) is 0 Å². The minimum Gasteiger partial charge on any atom is -0.493 e. The van der Waals surface area contributed by atoms with Gasteiger partial charge in [-0.15, -0.1) is 0 Å². The second kappa shape index (κ2) is 5.51. The number of aliphatic hydroxyl groups is 1. The number of rotatable bonds is 5. The average molecular weight is 224 g/mol. The maximum atomic E-state index is 10.8. The van der Waals surface area contributed by atoms with Crippen LogP contribution in [0.3, 0.4) is 0 Å². The van der Waals surface area contributed by atoms with Crippen LogP contribution in [0, 0.1) is 0 Å². The zero-order valence-corrected chi connectivity index (χ0v) is 9.69. The summed E-state index contributed by atoms with van der Waals surface area (Å²) in [5, 5.41) is 9.13. The van der Waals surface area contributed by atoms with Crippen molar-refractivity contribution >= 4 is 6.29 Å². The number of hydrogen-bond donors (Lipinski definition) is 1. The number of aldehydes is 1. The van der Waals surface area contributed by atoms with Crippen LogP contribution in [0.4, 0.5) is 0 Å². The molecule has 4 nitrogen and oxygen atoms in total. The molecule has 0 radical (unpaired) electrons. The van der Waals surface area contributed by atoms with Crippen molar-refractivity contribution in [2.45, 2.75) is 12.8 Å². The van der Waals surface area contributed by atoms with Crippen LogP contribution in [-0.4, -0.2) is 32.2 Å². The summed E-state index contributed by atoms with van der Waals surface area (Å²) in [6.07, 6.45) is 0.717. The van der Waals surface area contributed by atoms with Gasteiger partial charge in [0, 0.05) is 18.1 Å². The van der Waals surface area contributed by atoms with Crippen molar-refractivity contribution in [3.8, 4) is 11.5 Å². The van der Waals surface area contributed by atoms with E-state index < -0.39 is 0 Å². The number of aliphatic hydroxyl groups excluding tert-OH is 1. The maximum absolute atomic E-state index is 10.8. The zero-order chi connectivity index (χ0) is 12.1. The van der Waals surface area contributed by atoms with E-state index in [1.807, 2.05) is 6.92 Å². The minimum absolute atomic E-state index is 0.0138. The van der Waals surface area contributed by atoms with Crippen molar-refractivity contribution in [2.24, 2.45) is 0 Å². The van der Waals surface area contributed by atoms with Crippen LogP contribution >= 0.6 is 0 Å². The van der Waals surface area contributed by atoms with Gasteiger partial charge in [-0.2, -0.15) is 0 Å². The Morgan fingerprint density at radius 2 is 1.94 bits per heavy atom. The Balaban J connectivity index is 3.36. The van der Waals surface area contributed by atoms with Gasteiger partial charge in [-0.05, 0) is 6.07 Å². The minimum atomic E-state index is -0.0652. The SMILES string of the molecule is COc1c(C=O)ccc(C(C)CO)c1OC. The van der Waals surface area contributed by atoms with Gasteiger partial charge in [0.05, 0.1) is 19.8 Å². The number of ether oxygens (including phenoxy) is 2. The summed E-state index contributed by atoms with van der Waals surface area (Å²) in [5.41, 5.74) is 1.26. The summed E-state index contributed by atoms with van der Waals surface area (Å²) in [6, 6.07) is 3.43. The van der Waals surface area contributed by atoms with E-state index in [1.54, 1.807) is 12.1 Å². The lowest BCUT2D eigenvalue weighted by Gasteiger charge is -2.17. The number of carbonyl (C=O) groups is 1. The molecule has 1 unspecified atom stereocenters.